The quantitative estimate of drug-likeness (QED) is 0.754. The van der Waals surface area contributed by atoms with Gasteiger partial charge in [0.15, 0.2) is 0 Å². The van der Waals surface area contributed by atoms with Crippen molar-refractivity contribution in [3.05, 3.63) is 35.9 Å². The number of ether oxygens (including phenoxy) is 1. The van der Waals surface area contributed by atoms with Crippen LogP contribution in [0.15, 0.2) is 30.3 Å². The number of hydrogen-bond acceptors (Lipinski definition) is 4. The molecule has 0 bridgehead atoms. The third kappa shape index (κ3) is 6.59. The lowest BCUT2D eigenvalue weighted by atomic mass is 10.0. The highest BCUT2D eigenvalue weighted by molar-refractivity contribution is 5.68. The maximum Gasteiger partial charge on any atom is 0.408 e. The molecule has 0 spiro atoms. The number of hydrogen-bond donors (Lipinski definition) is 3. The monoisotopic (exact) mass is 319 g/mol. The van der Waals surface area contributed by atoms with E-state index in [-0.39, 0.29) is 12.1 Å². The Morgan fingerprint density at radius 3 is 2.70 bits per heavy atom. The van der Waals surface area contributed by atoms with E-state index in [1.54, 1.807) is 0 Å². The number of nitrogens with one attached hydrogen (secondary N) is 3. The van der Waals surface area contributed by atoms with Crippen molar-refractivity contribution < 1.29 is 9.53 Å². The lowest BCUT2D eigenvalue weighted by Crippen LogP contribution is -2.37. The summed E-state index contributed by atoms with van der Waals surface area (Å²) in [7, 11) is 0. The molecule has 2 unspecified atom stereocenters. The Labute approximate surface area is 139 Å². The van der Waals surface area contributed by atoms with Crippen molar-refractivity contribution in [2.45, 2.75) is 51.3 Å². The van der Waals surface area contributed by atoms with E-state index >= 15 is 0 Å². The van der Waals surface area contributed by atoms with Crippen molar-refractivity contribution in [2.75, 3.05) is 19.6 Å². The van der Waals surface area contributed by atoms with Crippen molar-refractivity contribution >= 4 is 6.09 Å². The van der Waals surface area contributed by atoms with E-state index in [0.29, 0.717) is 6.04 Å². The summed E-state index contributed by atoms with van der Waals surface area (Å²) < 4.78 is 5.39. The predicted octanol–water partition coefficient (Wildman–Crippen LogP) is 2.59. The van der Waals surface area contributed by atoms with Crippen molar-refractivity contribution in [2.24, 2.45) is 0 Å². The van der Waals surface area contributed by atoms with Crippen LogP contribution in [-0.4, -0.2) is 37.4 Å². The molecule has 5 nitrogen and oxygen atoms in total. The molecule has 5 heteroatoms. The number of benzene rings is 1. The third-order valence-electron chi connectivity index (χ3n) is 3.82. The van der Waals surface area contributed by atoms with Gasteiger partial charge in [-0.25, -0.2) is 4.79 Å². The Morgan fingerprint density at radius 1 is 1.35 bits per heavy atom. The zero-order valence-corrected chi connectivity index (χ0v) is 14.4. The fourth-order valence-electron chi connectivity index (χ4n) is 2.72. The van der Waals surface area contributed by atoms with Crippen LogP contribution in [-0.2, 0) is 4.74 Å². The maximum absolute atomic E-state index is 12.1. The fraction of sp³-hybridized carbons (Fsp3) is 0.611. The lowest BCUT2D eigenvalue weighted by Gasteiger charge is -2.24. The summed E-state index contributed by atoms with van der Waals surface area (Å²) in [5.41, 5.74) is 0.615. The van der Waals surface area contributed by atoms with Crippen LogP contribution in [0.25, 0.3) is 0 Å². The number of carbonyl (C=O) groups is 1. The van der Waals surface area contributed by atoms with Crippen LogP contribution in [0.5, 0.6) is 0 Å². The zero-order valence-electron chi connectivity index (χ0n) is 14.4. The summed E-state index contributed by atoms with van der Waals surface area (Å²) in [6.45, 7) is 8.59. The average molecular weight is 319 g/mol. The van der Waals surface area contributed by atoms with E-state index in [0.717, 1.165) is 38.0 Å². The minimum Gasteiger partial charge on any atom is -0.444 e. The van der Waals surface area contributed by atoms with Gasteiger partial charge in [0, 0.05) is 12.6 Å². The van der Waals surface area contributed by atoms with Gasteiger partial charge < -0.3 is 20.7 Å². The molecule has 0 radical (unpaired) electrons. The molecule has 3 N–H and O–H groups in total. The average Bonchev–Trinajstić information content (AvgIpc) is 2.98. The van der Waals surface area contributed by atoms with Crippen LogP contribution in [0, 0.1) is 0 Å². The molecule has 0 saturated carbocycles. The molecule has 1 aromatic carbocycles. The Hall–Kier alpha value is -1.59. The van der Waals surface area contributed by atoms with E-state index in [2.05, 4.69) is 16.0 Å². The van der Waals surface area contributed by atoms with E-state index in [1.165, 1.54) is 0 Å². The first-order valence-electron chi connectivity index (χ1n) is 8.42. The second kappa shape index (κ2) is 8.31. The van der Waals surface area contributed by atoms with Crippen molar-refractivity contribution in [1.82, 2.24) is 16.0 Å². The molecule has 1 heterocycles. The van der Waals surface area contributed by atoms with Crippen molar-refractivity contribution in [3.8, 4) is 0 Å². The van der Waals surface area contributed by atoms with Crippen LogP contribution in [0.4, 0.5) is 4.79 Å². The highest BCUT2D eigenvalue weighted by atomic mass is 16.6. The summed E-state index contributed by atoms with van der Waals surface area (Å²) in [6.07, 6.45) is 1.63. The Kier molecular flexibility index (Phi) is 6.42. The van der Waals surface area contributed by atoms with Crippen LogP contribution in [0.3, 0.4) is 0 Å². The molecule has 1 aliphatic heterocycles. The number of amides is 1. The predicted molar refractivity (Wildman–Crippen MR) is 92.4 cm³/mol. The van der Waals surface area contributed by atoms with Crippen LogP contribution in [0.1, 0.15) is 45.2 Å². The fourth-order valence-corrected chi connectivity index (χ4v) is 2.72. The Balaban J connectivity index is 1.90. The van der Waals surface area contributed by atoms with Gasteiger partial charge >= 0.3 is 6.09 Å². The van der Waals surface area contributed by atoms with Crippen LogP contribution < -0.4 is 16.0 Å². The molecule has 23 heavy (non-hydrogen) atoms. The maximum atomic E-state index is 12.1. The van der Waals surface area contributed by atoms with Gasteiger partial charge in [-0.15, -0.1) is 0 Å². The third-order valence-corrected chi connectivity index (χ3v) is 3.82. The minimum absolute atomic E-state index is 0.0482. The van der Waals surface area contributed by atoms with Gasteiger partial charge in [-0.05, 0) is 52.3 Å². The molecule has 1 amide bonds. The lowest BCUT2D eigenvalue weighted by molar-refractivity contribution is 0.0501. The molecule has 0 aromatic heterocycles. The first-order valence-corrected chi connectivity index (χ1v) is 8.42. The van der Waals surface area contributed by atoms with Crippen molar-refractivity contribution in [1.29, 1.82) is 0 Å². The van der Waals surface area contributed by atoms with E-state index in [1.807, 2.05) is 51.1 Å². The molecule has 2 rings (SSSR count). The first-order chi connectivity index (χ1) is 10.9. The summed E-state index contributed by atoms with van der Waals surface area (Å²) in [4.78, 5) is 12.1. The second-order valence-electron chi connectivity index (χ2n) is 7.04. The Bertz CT molecular complexity index is 479. The molecule has 1 aliphatic rings. The summed E-state index contributed by atoms with van der Waals surface area (Å²) in [6, 6.07) is 10.5. The molecular formula is C18H29N3O2. The topological polar surface area (TPSA) is 62.4 Å². The smallest absolute Gasteiger partial charge is 0.408 e. The second-order valence-corrected chi connectivity index (χ2v) is 7.04. The molecule has 1 saturated heterocycles. The Morgan fingerprint density at radius 2 is 2.09 bits per heavy atom. The van der Waals surface area contributed by atoms with Gasteiger partial charge in [0.1, 0.15) is 5.60 Å². The number of alkyl carbamates (subject to hydrolysis) is 1. The molecule has 1 fully saturated rings. The van der Waals surface area contributed by atoms with Gasteiger partial charge in [-0.3, -0.25) is 0 Å². The zero-order chi connectivity index (χ0) is 16.7. The number of rotatable bonds is 6. The largest absolute Gasteiger partial charge is 0.444 e. The van der Waals surface area contributed by atoms with Gasteiger partial charge in [0.25, 0.3) is 0 Å². The van der Waals surface area contributed by atoms with Crippen LogP contribution >= 0.6 is 0 Å². The van der Waals surface area contributed by atoms with Crippen molar-refractivity contribution in [3.63, 3.8) is 0 Å². The van der Waals surface area contributed by atoms with Crippen LogP contribution in [0.2, 0.25) is 0 Å². The highest BCUT2D eigenvalue weighted by Crippen LogP contribution is 2.17. The molecule has 128 valence electrons. The molecule has 1 aromatic rings. The normalized spacial score (nSPS) is 19.3. The molecule has 0 aliphatic carbocycles. The first kappa shape index (κ1) is 17.8. The van der Waals surface area contributed by atoms with E-state index in [4.69, 9.17) is 4.74 Å². The van der Waals surface area contributed by atoms with E-state index < -0.39 is 5.60 Å². The molecular weight excluding hydrogens is 290 g/mol. The summed E-state index contributed by atoms with van der Waals surface area (Å²) >= 11 is 0. The number of carbonyl (C=O) groups excluding carboxylic acids is 1. The molecule has 2 atom stereocenters. The summed E-state index contributed by atoms with van der Waals surface area (Å²) in [5.74, 6) is 0. The minimum atomic E-state index is -0.487. The van der Waals surface area contributed by atoms with Gasteiger partial charge in [-0.1, -0.05) is 30.3 Å². The highest BCUT2D eigenvalue weighted by Gasteiger charge is 2.21. The van der Waals surface area contributed by atoms with Gasteiger partial charge in [-0.2, -0.15) is 0 Å². The van der Waals surface area contributed by atoms with Gasteiger partial charge in [0.05, 0.1) is 6.04 Å². The van der Waals surface area contributed by atoms with E-state index in [9.17, 15) is 4.79 Å². The SMILES string of the molecule is CC(C)(C)OC(=O)NC(CCNC1CCNC1)c1ccccc1. The van der Waals surface area contributed by atoms with Gasteiger partial charge in [0.2, 0.25) is 0 Å². The summed E-state index contributed by atoms with van der Waals surface area (Å²) in [5, 5.41) is 9.90. The standard InChI is InChI=1S/C18H29N3O2/c1-18(2,3)23-17(22)21-16(14-7-5-4-6-8-14)10-12-20-15-9-11-19-13-15/h4-8,15-16,19-20H,9-13H2,1-3H3,(H,21,22).